The third-order valence-corrected chi connectivity index (χ3v) is 2.44. The van der Waals surface area contributed by atoms with Gasteiger partial charge in [-0.15, -0.1) is 0 Å². The fourth-order valence-electron chi connectivity index (χ4n) is 1.50. The lowest BCUT2D eigenvalue weighted by molar-refractivity contribution is -0.121. The number of methoxy groups -OCH3 is 1. The quantitative estimate of drug-likeness (QED) is 0.748. The molecule has 0 radical (unpaired) electrons. The molecule has 1 amide bonds. The van der Waals surface area contributed by atoms with Gasteiger partial charge in [-0.25, -0.2) is 4.98 Å². The van der Waals surface area contributed by atoms with E-state index in [1.807, 2.05) is 6.92 Å². The van der Waals surface area contributed by atoms with Crippen LogP contribution in [0.3, 0.4) is 0 Å². The summed E-state index contributed by atoms with van der Waals surface area (Å²) in [7, 11) is 1.42. The number of carbonyl (C=O) groups excluding carboxylic acids is 1. The largest absolute Gasteiger partial charge is 0.468 e. The molecule has 0 atom stereocenters. The van der Waals surface area contributed by atoms with Gasteiger partial charge in [-0.3, -0.25) is 14.2 Å². The summed E-state index contributed by atoms with van der Waals surface area (Å²) >= 11 is 0. The van der Waals surface area contributed by atoms with E-state index in [1.54, 1.807) is 6.92 Å². The topological polar surface area (TPSA) is 73.2 Å². The zero-order chi connectivity index (χ0) is 13.5. The lowest BCUT2D eigenvalue weighted by Crippen LogP contribution is -2.33. The summed E-state index contributed by atoms with van der Waals surface area (Å²) in [6.07, 6.45) is 1.93. The average molecular weight is 253 g/mol. The van der Waals surface area contributed by atoms with Crippen molar-refractivity contribution in [3.63, 3.8) is 0 Å². The summed E-state index contributed by atoms with van der Waals surface area (Å²) < 4.78 is 6.22. The molecule has 1 heterocycles. The second-order valence-electron chi connectivity index (χ2n) is 4.01. The van der Waals surface area contributed by atoms with Crippen molar-refractivity contribution in [1.29, 1.82) is 0 Å². The van der Waals surface area contributed by atoms with Gasteiger partial charge in [0.2, 0.25) is 5.91 Å². The molecule has 0 saturated carbocycles. The summed E-state index contributed by atoms with van der Waals surface area (Å²) in [5, 5.41) is 2.74. The zero-order valence-electron chi connectivity index (χ0n) is 11.0. The van der Waals surface area contributed by atoms with E-state index in [4.69, 9.17) is 4.74 Å². The number of hydrogen-bond donors (Lipinski definition) is 1. The maximum Gasteiger partial charge on any atom is 0.299 e. The van der Waals surface area contributed by atoms with E-state index in [9.17, 15) is 9.59 Å². The molecule has 0 aromatic carbocycles. The Kier molecular flexibility index (Phi) is 5.35. The first-order valence-electron chi connectivity index (χ1n) is 5.97. The number of unbranched alkanes of at least 4 members (excludes halogenated alkanes) is 1. The van der Waals surface area contributed by atoms with E-state index in [0.717, 1.165) is 12.8 Å². The van der Waals surface area contributed by atoms with Gasteiger partial charge >= 0.3 is 0 Å². The van der Waals surface area contributed by atoms with Gasteiger partial charge in [0.05, 0.1) is 7.11 Å². The molecule has 6 heteroatoms. The number of rotatable bonds is 6. The number of aryl methyl sites for hydroxylation is 1. The van der Waals surface area contributed by atoms with E-state index < -0.39 is 0 Å². The van der Waals surface area contributed by atoms with Crippen molar-refractivity contribution in [2.24, 2.45) is 0 Å². The van der Waals surface area contributed by atoms with Crippen LogP contribution in [0.1, 0.15) is 25.5 Å². The Morgan fingerprint density at radius 3 is 2.89 bits per heavy atom. The van der Waals surface area contributed by atoms with Gasteiger partial charge in [0, 0.05) is 18.3 Å². The molecule has 0 aliphatic rings. The van der Waals surface area contributed by atoms with Crippen LogP contribution in [0.5, 0.6) is 6.01 Å². The second kappa shape index (κ2) is 6.78. The van der Waals surface area contributed by atoms with Gasteiger partial charge in [0.1, 0.15) is 6.54 Å². The van der Waals surface area contributed by atoms with Gasteiger partial charge in [-0.1, -0.05) is 13.3 Å². The fraction of sp³-hybridized carbons (Fsp3) is 0.583. The first kappa shape index (κ1) is 14.2. The highest BCUT2D eigenvalue weighted by atomic mass is 16.5. The Morgan fingerprint density at radius 2 is 2.28 bits per heavy atom. The molecule has 1 rings (SSSR count). The summed E-state index contributed by atoms with van der Waals surface area (Å²) in [6.45, 7) is 4.30. The third-order valence-electron chi connectivity index (χ3n) is 2.44. The predicted octanol–water partition coefficient (Wildman–Crippen LogP) is 0.477. The molecule has 0 aliphatic carbocycles. The molecule has 1 aromatic rings. The molecule has 0 saturated heterocycles. The minimum atomic E-state index is -0.287. The number of nitrogens with one attached hydrogen (secondary N) is 1. The molecule has 18 heavy (non-hydrogen) atoms. The Balaban J connectivity index is 2.77. The average Bonchev–Trinajstić information content (AvgIpc) is 2.32. The van der Waals surface area contributed by atoms with E-state index in [0.29, 0.717) is 12.2 Å². The normalized spacial score (nSPS) is 10.2. The molecular weight excluding hydrogens is 234 g/mol. The third kappa shape index (κ3) is 3.87. The molecule has 0 fully saturated rings. The van der Waals surface area contributed by atoms with Crippen LogP contribution in [0.25, 0.3) is 0 Å². The molecule has 6 nitrogen and oxygen atoms in total. The number of hydrogen-bond acceptors (Lipinski definition) is 4. The van der Waals surface area contributed by atoms with Crippen molar-refractivity contribution in [1.82, 2.24) is 14.9 Å². The van der Waals surface area contributed by atoms with Gasteiger partial charge in [-0.05, 0) is 13.3 Å². The molecule has 1 aromatic heterocycles. The molecule has 100 valence electrons. The zero-order valence-corrected chi connectivity index (χ0v) is 11.0. The van der Waals surface area contributed by atoms with Crippen molar-refractivity contribution < 1.29 is 9.53 Å². The van der Waals surface area contributed by atoms with Crippen molar-refractivity contribution in [2.45, 2.75) is 33.2 Å². The SMILES string of the molecule is CCCCNC(=O)Cn1c(OC)nc(C)cc1=O. The van der Waals surface area contributed by atoms with Gasteiger partial charge < -0.3 is 10.1 Å². The maximum atomic E-state index is 11.7. The minimum Gasteiger partial charge on any atom is -0.468 e. The van der Waals surface area contributed by atoms with Gasteiger partial charge in [0.15, 0.2) is 0 Å². The lowest BCUT2D eigenvalue weighted by atomic mass is 10.3. The Bertz CT molecular complexity index is 468. The molecular formula is C12H19N3O3. The van der Waals surface area contributed by atoms with Gasteiger partial charge in [0.25, 0.3) is 11.6 Å². The first-order chi connectivity index (χ1) is 8.58. The van der Waals surface area contributed by atoms with Crippen molar-refractivity contribution in [2.75, 3.05) is 13.7 Å². The van der Waals surface area contributed by atoms with Crippen LogP contribution in [-0.4, -0.2) is 29.1 Å². The molecule has 0 aliphatic heterocycles. The molecule has 0 bridgehead atoms. The number of amides is 1. The Morgan fingerprint density at radius 1 is 1.56 bits per heavy atom. The number of ether oxygens (including phenoxy) is 1. The fourth-order valence-corrected chi connectivity index (χ4v) is 1.50. The van der Waals surface area contributed by atoms with Crippen LogP contribution >= 0.6 is 0 Å². The second-order valence-corrected chi connectivity index (χ2v) is 4.01. The summed E-state index contributed by atoms with van der Waals surface area (Å²) in [5.41, 5.74) is 0.282. The van der Waals surface area contributed by atoms with E-state index in [-0.39, 0.29) is 24.0 Å². The molecule has 1 N–H and O–H groups in total. The summed E-state index contributed by atoms with van der Waals surface area (Å²) in [6, 6.07) is 1.53. The smallest absolute Gasteiger partial charge is 0.299 e. The predicted molar refractivity (Wildman–Crippen MR) is 67.7 cm³/mol. The Labute approximate surface area is 106 Å². The molecule has 0 spiro atoms. The number of carbonyl (C=O) groups is 1. The van der Waals surface area contributed by atoms with Crippen LogP contribution in [0.2, 0.25) is 0 Å². The first-order valence-corrected chi connectivity index (χ1v) is 5.97. The van der Waals surface area contributed by atoms with Crippen LogP contribution in [0.15, 0.2) is 10.9 Å². The number of aromatic nitrogens is 2. The number of nitrogens with zero attached hydrogens (tertiary/aromatic N) is 2. The Hall–Kier alpha value is -1.85. The standard InChI is InChI=1S/C12H19N3O3/c1-4-5-6-13-10(16)8-15-11(17)7-9(2)14-12(15)18-3/h7H,4-6,8H2,1-3H3,(H,13,16). The van der Waals surface area contributed by atoms with Crippen LogP contribution in [0.4, 0.5) is 0 Å². The maximum absolute atomic E-state index is 11.7. The minimum absolute atomic E-state index is 0.0704. The van der Waals surface area contributed by atoms with Crippen LogP contribution < -0.4 is 15.6 Å². The van der Waals surface area contributed by atoms with E-state index >= 15 is 0 Å². The lowest BCUT2D eigenvalue weighted by Gasteiger charge is -2.10. The van der Waals surface area contributed by atoms with Crippen molar-refractivity contribution in [3.05, 3.63) is 22.1 Å². The van der Waals surface area contributed by atoms with Gasteiger partial charge in [-0.2, -0.15) is 0 Å². The van der Waals surface area contributed by atoms with Crippen LogP contribution in [-0.2, 0) is 11.3 Å². The summed E-state index contributed by atoms with van der Waals surface area (Å²) in [5.74, 6) is -0.213. The van der Waals surface area contributed by atoms with E-state index in [1.165, 1.54) is 17.7 Å². The summed E-state index contributed by atoms with van der Waals surface area (Å²) in [4.78, 5) is 27.4. The molecule has 0 unspecified atom stereocenters. The highest BCUT2D eigenvalue weighted by molar-refractivity contribution is 5.75. The van der Waals surface area contributed by atoms with Crippen molar-refractivity contribution in [3.8, 4) is 6.01 Å². The van der Waals surface area contributed by atoms with Crippen molar-refractivity contribution >= 4 is 5.91 Å². The van der Waals surface area contributed by atoms with Crippen LogP contribution in [0, 0.1) is 6.92 Å². The monoisotopic (exact) mass is 253 g/mol. The highest BCUT2D eigenvalue weighted by Crippen LogP contribution is 2.03. The van der Waals surface area contributed by atoms with E-state index in [2.05, 4.69) is 10.3 Å². The highest BCUT2D eigenvalue weighted by Gasteiger charge is 2.11.